The number of carboxylic acid groups (broad SMARTS) is 1. The van der Waals surface area contributed by atoms with Crippen molar-refractivity contribution in [2.75, 3.05) is 11.4 Å². The molecule has 1 atom stereocenters. The van der Waals surface area contributed by atoms with Crippen molar-refractivity contribution in [2.24, 2.45) is 5.92 Å². The summed E-state index contributed by atoms with van der Waals surface area (Å²) < 4.78 is 13.4. The average molecular weight is 248 g/mol. The van der Waals surface area contributed by atoms with E-state index < -0.39 is 23.6 Å². The smallest absolute Gasteiger partial charge is 0.308 e. The second kappa shape index (κ2) is 4.45. The van der Waals surface area contributed by atoms with Crippen molar-refractivity contribution >= 4 is 17.6 Å². The third kappa shape index (κ3) is 1.91. The minimum Gasteiger partial charge on any atom is -0.481 e. The molecule has 0 radical (unpaired) electrons. The molecule has 1 saturated heterocycles. The number of hydrogen-bond donors (Lipinski definition) is 1. The topological polar surface area (TPSA) is 81.4 Å². The number of aliphatic carboxylic acids is 1. The number of carbonyl (C=O) groups excluding carboxylic acids is 1. The van der Waals surface area contributed by atoms with E-state index in [4.69, 9.17) is 10.4 Å². The van der Waals surface area contributed by atoms with Gasteiger partial charge in [0.25, 0.3) is 0 Å². The maximum Gasteiger partial charge on any atom is 0.308 e. The Balaban J connectivity index is 2.39. The van der Waals surface area contributed by atoms with Crippen LogP contribution in [0.25, 0.3) is 0 Å². The average Bonchev–Trinajstić information content (AvgIpc) is 2.71. The highest BCUT2D eigenvalue weighted by atomic mass is 19.1. The maximum atomic E-state index is 13.4. The van der Waals surface area contributed by atoms with E-state index >= 15 is 0 Å². The van der Waals surface area contributed by atoms with E-state index in [0.717, 1.165) is 11.0 Å². The van der Waals surface area contributed by atoms with Crippen molar-refractivity contribution < 1.29 is 19.1 Å². The van der Waals surface area contributed by atoms with Crippen molar-refractivity contribution in [3.8, 4) is 6.07 Å². The Morgan fingerprint density at radius 2 is 2.28 bits per heavy atom. The molecule has 0 aliphatic carbocycles. The molecule has 1 fully saturated rings. The highest BCUT2D eigenvalue weighted by molar-refractivity contribution is 6.00. The van der Waals surface area contributed by atoms with E-state index in [1.54, 1.807) is 6.07 Å². The largest absolute Gasteiger partial charge is 0.481 e. The van der Waals surface area contributed by atoms with Gasteiger partial charge in [0, 0.05) is 13.0 Å². The molecule has 1 aromatic rings. The summed E-state index contributed by atoms with van der Waals surface area (Å²) in [4.78, 5) is 23.7. The summed E-state index contributed by atoms with van der Waals surface area (Å²) >= 11 is 0. The summed E-state index contributed by atoms with van der Waals surface area (Å²) in [6, 6.07) is 5.63. The fraction of sp³-hybridized carbons (Fsp3) is 0.250. The van der Waals surface area contributed by atoms with Gasteiger partial charge in [-0.15, -0.1) is 0 Å². The molecule has 1 unspecified atom stereocenters. The van der Waals surface area contributed by atoms with Crippen molar-refractivity contribution in [3.63, 3.8) is 0 Å². The zero-order valence-corrected chi connectivity index (χ0v) is 9.26. The van der Waals surface area contributed by atoms with Crippen molar-refractivity contribution in [1.82, 2.24) is 0 Å². The molecule has 1 aliphatic rings. The summed E-state index contributed by atoms with van der Waals surface area (Å²) in [5, 5.41) is 17.7. The van der Waals surface area contributed by atoms with Gasteiger partial charge in [0.2, 0.25) is 5.91 Å². The number of hydrogen-bond acceptors (Lipinski definition) is 3. The van der Waals surface area contributed by atoms with Gasteiger partial charge in [-0.1, -0.05) is 6.07 Å². The molecule has 1 aromatic carbocycles. The number of halogens is 1. The van der Waals surface area contributed by atoms with Gasteiger partial charge < -0.3 is 10.0 Å². The van der Waals surface area contributed by atoms with Crippen LogP contribution >= 0.6 is 0 Å². The zero-order valence-electron chi connectivity index (χ0n) is 9.26. The number of benzene rings is 1. The molecule has 5 nitrogen and oxygen atoms in total. The lowest BCUT2D eigenvalue weighted by molar-refractivity contribution is -0.141. The minimum atomic E-state index is -1.07. The first-order valence-corrected chi connectivity index (χ1v) is 5.26. The lowest BCUT2D eigenvalue weighted by atomic mass is 10.1. The Labute approximate surface area is 102 Å². The van der Waals surface area contributed by atoms with Crippen molar-refractivity contribution in [1.29, 1.82) is 5.26 Å². The predicted molar refractivity (Wildman–Crippen MR) is 59.2 cm³/mol. The van der Waals surface area contributed by atoms with Crippen LogP contribution in [-0.4, -0.2) is 23.5 Å². The lowest BCUT2D eigenvalue weighted by Crippen LogP contribution is -2.26. The molecule has 6 heteroatoms. The minimum absolute atomic E-state index is 0.0354. The van der Waals surface area contributed by atoms with Gasteiger partial charge in [0.1, 0.15) is 17.4 Å². The summed E-state index contributed by atoms with van der Waals surface area (Å²) in [6.07, 6.45) is -0.128. The fourth-order valence-corrected chi connectivity index (χ4v) is 1.95. The SMILES string of the molecule is N#Cc1c(F)cccc1N1CC(C(=O)O)CC1=O. The molecule has 92 valence electrons. The molecule has 0 saturated carbocycles. The third-order valence-electron chi connectivity index (χ3n) is 2.87. The monoisotopic (exact) mass is 248 g/mol. The molecule has 1 aliphatic heterocycles. The van der Waals surface area contributed by atoms with Gasteiger partial charge in [0.15, 0.2) is 0 Å². The van der Waals surface area contributed by atoms with Crippen molar-refractivity contribution in [2.45, 2.75) is 6.42 Å². The first-order valence-electron chi connectivity index (χ1n) is 5.26. The van der Waals surface area contributed by atoms with Gasteiger partial charge in [-0.05, 0) is 12.1 Å². The Morgan fingerprint density at radius 3 is 2.83 bits per heavy atom. The van der Waals surface area contributed by atoms with Crippen LogP contribution in [0.15, 0.2) is 18.2 Å². The quantitative estimate of drug-likeness (QED) is 0.850. The molecule has 0 aromatic heterocycles. The maximum absolute atomic E-state index is 13.4. The van der Waals surface area contributed by atoms with E-state index in [1.165, 1.54) is 12.1 Å². The number of nitriles is 1. The van der Waals surface area contributed by atoms with Crippen LogP contribution in [0.4, 0.5) is 10.1 Å². The number of carbonyl (C=O) groups is 2. The zero-order chi connectivity index (χ0) is 13.3. The molecular weight excluding hydrogens is 239 g/mol. The van der Waals surface area contributed by atoms with Crippen LogP contribution in [-0.2, 0) is 9.59 Å². The van der Waals surface area contributed by atoms with Crippen LogP contribution in [0.1, 0.15) is 12.0 Å². The van der Waals surface area contributed by atoms with Crippen LogP contribution in [0.3, 0.4) is 0 Å². The molecule has 1 amide bonds. The molecule has 18 heavy (non-hydrogen) atoms. The standard InChI is InChI=1S/C12H9FN2O3/c13-9-2-1-3-10(8(9)5-14)15-6-7(12(17)18)4-11(15)16/h1-3,7H,4,6H2,(H,17,18). The fourth-order valence-electron chi connectivity index (χ4n) is 1.95. The molecule has 1 heterocycles. The van der Waals surface area contributed by atoms with Gasteiger partial charge in [-0.3, -0.25) is 9.59 Å². The first-order chi connectivity index (χ1) is 8.54. The van der Waals surface area contributed by atoms with E-state index in [1.807, 2.05) is 0 Å². The molecule has 0 spiro atoms. The second-order valence-corrected chi connectivity index (χ2v) is 3.99. The van der Waals surface area contributed by atoms with E-state index in [-0.39, 0.29) is 24.2 Å². The molecule has 1 N–H and O–H groups in total. The lowest BCUT2D eigenvalue weighted by Gasteiger charge is -2.17. The van der Waals surface area contributed by atoms with Gasteiger partial charge in [0.05, 0.1) is 11.6 Å². The number of rotatable bonds is 2. The van der Waals surface area contributed by atoms with Crippen LogP contribution in [0.2, 0.25) is 0 Å². The first kappa shape index (κ1) is 12.0. The van der Waals surface area contributed by atoms with Gasteiger partial charge in [-0.25, -0.2) is 4.39 Å². The normalized spacial score (nSPS) is 18.8. The van der Waals surface area contributed by atoms with Gasteiger partial charge >= 0.3 is 5.97 Å². The van der Waals surface area contributed by atoms with Gasteiger partial charge in [-0.2, -0.15) is 5.26 Å². The highest BCUT2D eigenvalue weighted by Crippen LogP contribution is 2.29. The Bertz CT molecular complexity index is 565. The molecule has 0 bridgehead atoms. The number of anilines is 1. The molecule has 2 rings (SSSR count). The summed E-state index contributed by atoms with van der Waals surface area (Å²) in [6.45, 7) is -0.0354. The van der Waals surface area contributed by atoms with Crippen molar-refractivity contribution in [3.05, 3.63) is 29.6 Å². The van der Waals surface area contributed by atoms with Crippen LogP contribution in [0, 0.1) is 23.1 Å². The molecular formula is C12H9FN2O3. The highest BCUT2D eigenvalue weighted by Gasteiger charge is 2.36. The Hall–Kier alpha value is -2.42. The third-order valence-corrected chi connectivity index (χ3v) is 2.87. The second-order valence-electron chi connectivity index (χ2n) is 3.99. The summed E-state index contributed by atoms with van der Waals surface area (Å²) in [5.41, 5.74) is -0.108. The number of nitrogens with zero attached hydrogens (tertiary/aromatic N) is 2. The summed E-state index contributed by atoms with van der Waals surface area (Å²) in [5.74, 6) is -3.01. The number of carboxylic acids is 1. The summed E-state index contributed by atoms with van der Waals surface area (Å²) in [7, 11) is 0. The van der Waals surface area contributed by atoms with Crippen LogP contribution < -0.4 is 4.90 Å². The van der Waals surface area contributed by atoms with E-state index in [2.05, 4.69) is 0 Å². The number of amides is 1. The van der Waals surface area contributed by atoms with E-state index in [9.17, 15) is 14.0 Å². The van der Waals surface area contributed by atoms with Crippen LogP contribution in [0.5, 0.6) is 0 Å². The van der Waals surface area contributed by atoms with E-state index in [0.29, 0.717) is 0 Å². The Kier molecular flexibility index (Phi) is 2.98. The Morgan fingerprint density at radius 1 is 1.56 bits per heavy atom. The predicted octanol–water partition coefficient (Wildman–Crippen LogP) is 1.13.